The highest BCUT2D eigenvalue weighted by molar-refractivity contribution is 14.1. The molecular formula is C21H22FIN6O2. The standard InChI is InChI=1S/C21H22FIN6O2/c1-12(31-19-8-14(23)9-25-20(19)24)18-7-13(22)3-6-17(18)21(30)28(2)10-15-11-29(27-26-15)16-4-5-16/h3,6-9,11-12,16H,4-5,10H2,1-2H3,(H2,24,25)/t12-/m1/s1. The largest absolute Gasteiger partial charge is 0.482 e. The molecule has 1 aromatic carbocycles. The van der Waals surface area contributed by atoms with E-state index in [9.17, 15) is 9.18 Å². The first-order valence-corrected chi connectivity index (χ1v) is 10.9. The molecule has 2 aromatic heterocycles. The Morgan fingerprint density at radius 3 is 2.94 bits per heavy atom. The fourth-order valence-corrected chi connectivity index (χ4v) is 3.69. The highest BCUT2D eigenvalue weighted by atomic mass is 127. The van der Waals surface area contributed by atoms with Crippen LogP contribution in [0, 0.1) is 9.39 Å². The van der Waals surface area contributed by atoms with Crippen molar-refractivity contribution in [2.45, 2.75) is 38.5 Å². The third kappa shape index (κ3) is 4.94. The van der Waals surface area contributed by atoms with E-state index in [-0.39, 0.29) is 11.7 Å². The summed E-state index contributed by atoms with van der Waals surface area (Å²) in [5.74, 6) is -0.106. The minimum absolute atomic E-state index is 0.229. The fourth-order valence-electron chi connectivity index (χ4n) is 3.27. The number of nitrogens with two attached hydrogens (primary N) is 1. The molecule has 162 valence electrons. The van der Waals surface area contributed by atoms with Crippen molar-refractivity contribution in [3.63, 3.8) is 0 Å². The number of rotatable bonds is 7. The molecular weight excluding hydrogens is 514 g/mol. The van der Waals surface area contributed by atoms with E-state index in [1.165, 1.54) is 23.1 Å². The molecule has 0 aliphatic heterocycles. The number of nitrogen functional groups attached to an aromatic ring is 1. The topological polar surface area (TPSA) is 99.2 Å². The molecule has 1 fully saturated rings. The van der Waals surface area contributed by atoms with Gasteiger partial charge in [-0.3, -0.25) is 4.79 Å². The fraction of sp³-hybridized carbons (Fsp3) is 0.333. The van der Waals surface area contributed by atoms with Gasteiger partial charge in [0.1, 0.15) is 17.6 Å². The first-order chi connectivity index (χ1) is 14.8. The van der Waals surface area contributed by atoms with Crippen molar-refractivity contribution in [1.29, 1.82) is 0 Å². The third-order valence-electron chi connectivity index (χ3n) is 5.06. The molecule has 0 radical (unpaired) electrons. The molecule has 4 rings (SSSR count). The maximum atomic E-state index is 14.0. The van der Waals surface area contributed by atoms with Gasteiger partial charge in [-0.15, -0.1) is 5.10 Å². The maximum absolute atomic E-state index is 14.0. The lowest BCUT2D eigenvalue weighted by Crippen LogP contribution is -2.28. The summed E-state index contributed by atoms with van der Waals surface area (Å²) >= 11 is 2.10. The number of halogens is 2. The third-order valence-corrected chi connectivity index (χ3v) is 5.65. The predicted octanol–water partition coefficient (Wildman–Crippen LogP) is 3.75. The summed E-state index contributed by atoms with van der Waals surface area (Å²) in [6, 6.07) is 6.22. The first-order valence-electron chi connectivity index (χ1n) is 9.85. The SMILES string of the molecule is C[C@@H](Oc1cc(I)cnc1N)c1cc(F)ccc1C(=O)N(C)Cc1cn(C2CC2)nn1. The van der Waals surface area contributed by atoms with E-state index < -0.39 is 11.9 Å². The quantitative estimate of drug-likeness (QED) is 0.462. The lowest BCUT2D eigenvalue weighted by molar-refractivity contribution is 0.0778. The minimum Gasteiger partial charge on any atom is -0.482 e. The normalized spacial score (nSPS) is 14.3. The highest BCUT2D eigenvalue weighted by Gasteiger charge is 2.26. The molecule has 0 saturated heterocycles. The van der Waals surface area contributed by atoms with Gasteiger partial charge in [-0.2, -0.15) is 0 Å². The van der Waals surface area contributed by atoms with E-state index in [4.69, 9.17) is 10.5 Å². The molecule has 0 spiro atoms. The molecule has 10 heteroatoms. The zero-order valence-corrected chi connectivity index (χ0v) is 19.3. The summed E-state index contributed by atoms with van der Waals surface area (Å²) in [4.78, 5) is 18.8. The smallest absolute Gasteiger partial charge is 0.254 e. The van der Waals surface area contributed by atoms with Crippen LogP contribution >= 0.6 is 22.6 Å². The van der Waals surface area contributed by atoms with Crippen LogP contribution < -0.4 is 10.5 Å². The zero-order chi connectivity index (χ0) is 22.1. The molecule has 0 unspecified atom stereocenters. The van der Waals surface area contributed by atoms with Crippen LogP contribution in [0.5, 0.6) is 5.75 Å². The van der Waals surface area contributed by atoms with E-state index in [0.29, 0.717) is 35.2 Å². The summed E-state index contributed by atoms with van der Waals surface area (Å²) in [6.45, 7) is 2.04. The van der Waals surface area contributed by atoms with Gasteiger partial charge >= 0.3 is 0 Å². The van der Waals surface area contributed by atoms with Crippen LogP contribution in [0.4, 0.5) is 10.2 Å². The van der Waals surface area contributed by atoms with Crippen molar-refractivity contribution >= 4 is 34.3 Å². The lowest BCUT2D eigenvalue weighted by atomic mass is 10.0. The van der Waals surface area contributed by atoms with Gasteiger partial charge in [0, 0.05) is 27.9 Å². The summed E-state index contributed by atoms with van der Waals surface area (Å²) in [5, 5.41) is 8.28. The number of hydrogen-bond donors (Lipinski definition) is 1. The number of carbonyl (C=O) groups is 1. The zero-order valence-electron chi connectivity index (χ0n) is 17.1. The average molecular weight is 536 g/mol. The molecule has 2 heterocycles. The van der Waals surface area contributed by atoms with Gasteiger partial charge < -0.3 is 15.4 Å². The van der Waals surface area contributed by atoms with E-state index in [1.807, 2.05) is 10.9 Å². The van der Waals surface area contributed by atoms with Gasteiger partial charge in [-0.1, -0.05) is 5.21 Å². The average Bonchev–Trinajstić information content (AvgIpc) is 3.49. The number of ether oxygens (including phenoxy) is 1. The lowest BCUT2D eigenvalue weighted by Gasteiger charge is -2.22. The summed E-state index contributed by atoms with van der Waals surface area (Å²) in [6.07, 6.45) is 5.08. The number of benzene rings is 1. The summed E-state index contributed by atoms with van der Waals surface area (Å²) < 4.78 is 22.7. The van der Waals surface area contributed by atoms with Gasteiger partial charge in [0.15, 0.2) is 11.6 Å². The van der Waals surface area contributed by atoms with Crippen molar-refractivity contribution in [3.8, 4) is 5.75 Å². The van der Waals surface area contributed by atoms with Crippen LogP contribution in [-0.2, 0) is 6.54 Å². The molecule has 3 aromatic rings. The molecule has 8 nitrogen and oxygen atoms in total. The predicted molar refractivity (Wildman–Crippen MR) is 121 cm³/mol. The Hall–Kier alpha value is -2.76. The van der Waals surface area contributed by atoms with Crippen LogP contribution in [-0.4, -0.2) is 37.8 Å². The Bertz CT molecular complexity index is 1120. The Labute approximate surface area is 192 Å². The Morgan fingerprint density at radius 2 is 2.19 bits per heavy atom. The second-order valence-electron chi connectivity index (χ2n) is 7.61. The van der Waals surface area contributed by atoms with Gasteiger partial charge in [0.05, 0.1) is 18.8 Å². The van der Waals surface area contributed by atoms with Crippen molar-refractivity contribution in [2.24, 2.45) is 0 Å². The van der Waals surface area contributed by atoms with Crippen molar-refractivity contribution in [3.05, 3.63) is 62.9 Å². The van der Waals surface area contributed by atoms with Gasteiger partial charge in [0.2, 0.25) is 0 Å². The molecule has 1 aliphatic rings. The number of amides is 1. The van der Waals surface area contributed by atoms with Crippen LogP contribution in [0.15, 0.2) is 36.7 Å². The Kier molecular flexibility index (Phi) is 6.08. The summed E-state index contributed by atoms with van der Waals surface area (Å²) in [7, 11) is 1.68. The van der Waals surface area contributed by atoms with Gasteiger partial charge in [0.25, 0.3) is 5.91 Å². The van der Waals surface area contributed by atoms with E-state index >= 15 is 0 Å². The minimum atomic E-state index is -0.624. The number of pyridine rings is 1. The number of hydrogen-bond acceptors (Lipinski definition) is 6. The number of nitrogens with zero attached hydrogens (tertiary/aromatic N) is 5. The van der Waals surface area contributed by atoms with Crippen LogP contribution in [0.2, 0.25) is 0 Å². The monoisotopic (exact) mass is 536 g/mol. The first kappa shape index (κ1) is 21.5. The van der Waals surface area contributed by atoms with Crippen molar-refractivity contribution < 1.29 is 13.9 Å². The molecule has 1 atom stereocenters. The van der Waals surface area contributed by atoms with Crippen LogP contribution in [0.1, 0.15) is 53.5 Å². The van der Waals surface area contributed by atoms with E-state index in [2.05, 4.69) is 37.9 Å². The van der Waals surface area contributed by atoms with Gasteiger partial charge in [-0.05, 0) is 66.6 Å². The van der Waals surface area contributed by atoms with Gasteiger partial charge in [-0.25, -0.2) is 14.1 Å². The molecule has 1 amide bonds. The Morgan fingerprint density at radius 1 is 1.42 bits per heavy atom. The molecule has 31 heavy (non-hydrogen) atoms. The van der Waals surface area contributed by atoms with Crippen LogP contribution in [0.3, 0.4) is 0 Å². The molecule has 0 bridgehead atoms. The number of anilines is 1. The number of aromatic nitrogens is 4. The second-order valence-corrected chi connectivity index (χ2v) is 8.86. The molecule has 1 saturated carbocycles. The van der Waals surface area contributed by atoms with Crippen molar-refractivity contribution in [1.82, 2.24) is 24.9 Å². The molecule has 2 N–H and O–H groups in total. The second kappa shape index (κ2) is 8.77. The van der Waals surface area contributed by atoms with E-state index in [0.717, 1.165) is 16.4 Å². The van der Waals surface area contributed by atoms with E-state index in [1.54, 1.807) is 26.2 Å². The summed E-state index contributed by atoms with van der Waals surface area (Å²) in [5.41, 5.74) is 7.38. The number of carbonyl (C=O) groups excluding carboxylic acids is 1. The van der Waals surface area contributed by atoms with Crippen molar-refractivity contribution in [2.75, 3.05) is 12.8 Å². The maximum Gasteiger partial charge on any atom is 0.254 e. The highest BCUT2D eigenvalue weighted by Crippen LogP contribution is 2.34. The molecule has 1 aliphatic carbocycles. The van der Waals surface area contributed by atoms with Crippen LogP contribution in [0.25, 0.3) is 0 Å². The Balaban J connectivity index is 1.54.